The topological polar surface area (TPSA) is 108 Å². The molecule has 144 valence electrons. The molecule has 4 N–H and O–H groups in total. The lowest BCUT2D eigenvalue weighted by Gasteiger charge is -2.18. The van der Waals surface area contributed by atoms with Gasteiger partial charge in [-0.2, -0.15) is 9.97 Å². The summed E-state index contributed by atoms with van der Waals surface area (Å²) >= 11 is 0. The molecule has 0 aliphatic carbocycles. The molecule has 8 nitrogen and oxygen atoms in total. The lowest BCUT2D eigenvalue weighted by Crippen LogP contribution is -2.19. The first-order chi connectivity index (χ1) is 13.0. The van der Waals surface area contributed by atoms with Gasteiger partial charge < -0.3 is 25.4 Å². The van der Waals surface area contributed by atoms with Crippen LogP contribution in [0, 0.1) is 0 Å². The number of aromatic nitrogens is 4. The molecular weight excluding hydrogens is 344 g/mol. The number of rotatable bonds is 8. The van der Waals surface area contributed by atoms with Crippen molar-refractivity contribution in [2.24, 2.45) is 0 Å². The minimum atomic E-state index is -0.523. The van der Waals surface area contributed by atoms with Crippen molar-refractivity contribution >= 4 is 22.9 Å². The molecule has 8 heteroatoms. The number of fused-ring (bicyclic) bond motifs is 1. The molecule has 0 saturated heterocycles. The van der Waals surface area contributed by atoms with Crippen LogP contribution < -0.4 is 10.6 Å². The third-order valence-corrected chi connectivity index (χ3v) is 4.23. The van der Waals surface area contributed by atoms with Crippen LogP contribution in [0.2, 0.25) is 0 Å². The van der Waals surface area contributed by atoms with Gasteiger partial charge >= 0.3 is 0 Å². The lowest BCUT2D eigenvalue weighted by molar-refractivity contribution is 0.208. The van der Waals surface area contributed by atoms with E-state index in [9.17, 15) is 10.2 Å². The summed E-state index contributed by atoms with van der Waals surface area (Å²) in [5, 5.41) is 25.8. The molecule has 0 amide bonds. The van der Waals surface area contributed by atoms with Crippen molar-refractivity contribution in [3.63, 3.8) is 0 Å². The Morgan fingerprint density at radius 3 is 2.48 bits per heavy atom. The first kappa shape index (κ1) is 19.1. The van der Waals surface area contributed by atoms with Crippen molar-refractivity contribution < 1.29 is 10.2 Å². The van der Waals surface area contributed by atoms with Gasteiger partial charge in [0.05, 0.1) is 25.1 Å². The number of aliphatic hydroxyl groups is 2. The van der Waals surface area contributed by atoms with Gasteiger partial charge in [0.2, 0.25) is 5.95 Å². The molecule has 3 aromatic rings. The Balaban J connectivity index is 2.01. The maximum atomic E-state index is 9.87. The largest absolute Gasteiger partial charge is 0.394 e. The highest BCUT2D eigenvalue weighted by molar-refractivity contribution is 5.84. The van der Waals surface area contributed by atoms with Crippen LogP contribution in [0.4, 0.5) is 11.8 Å². The molecule has 2 atom stereocenters. The maximum Gasteiger partial charge on any atom is 0.226 e. The molecule has 1 aromatic carbocycles. The van der Waals surface area contributed by atoms with Crippen molar-refractivity contribution in [1.29, 1.82) is 0 Å². The Labute approximate surface area is 158 Å². The fraction of sp³-hybridized carbons (Fsp3) is 0.421. The van der Waals surface area contributed by atoms with E-state index in [1.165, 1.54) is 0 Å². The predicted molar refractivity (Wildman–Crippen MR) is 106 cm³/mol. The number of hydrogen-bond acceptors (Lipinski definition) is 7. The van der Waals surface area contributed by atoms with Crippen LogP contribution in [0.15, 0.2) is 36.7 Å². The molecule has 2 heterocycles. The number of imidazole rings is 1. The Bertz CT molecular complexity index is 879. The van der Waals surface area contributed by atoms with Crippen molar-refractivity contribution in [2.45, 2.75) is 39.0 Å². The van der Waals surface area contributed by atoms with Crippen LogP contribution in [0.3, 0.4) is 0 Å². The predicted octanol–water partition coefficient (Wildman–Crippen LogP) is 2.35. The standard InChI is InChI=1S/C19H26N6O2/c1-12(2)25-11-21-16-17(22-15(10-26)14-7-5-4-6-8-14)23-19(24-18(16)25)20-9-13(3)27/h4-8,11-13,15,26-27H,9-10H2,1-3H3,(H2,20,22,23,24)/t13-,15+/m0/s1. The highest BCUT2D eigenvalue weighted by Gasteiger charge is 2.18. The van der Waals surface area contributed by atoms with Gasteiger partial charge in [0.1, 0.15) is 0 Å². The van der Waals surface area contributed by atoms with Crippen LogP contribution in [-0.2, 0) is 0 Å². The average molecular weight is 370 g/mol. The zero-order valence-corrected chi connectivity index (χ0v) is 15.8. The van der Waals surface area contributed by atoms with Gasteiger partial charge in [0, 0.05) is 12.6 Å². The minimum absolute atomic E-state index is 0.0865. The van der Waals surface area contributed by atoms with E-state index in [-0.39, 0.29) is 18.7 Å². The van der Waals surface area contributed by atoms with E-state index >= 15 is 0 Å². The van der Waals surface area contributed by atoms with Crippen LogP contribution in [0.1, 0.15) is 38.4 Å². The van der Waals surface area contributed by atoms with Crippen LogP contribution in [-0.4, -0.2) is 49.0 Å². The smallest absolute Gasteiger partial charge is 0.226 e. The summed E-state index contributed by atoms with van der Waals surface area (Å²) in [5.74, 6) is 0.938. The molecular formula is C19H26N6O2. The van der Waals surface area contributed by atoms with Gasteiger partial charge in [-0.1, -0.05) is 30.3 Å². The maximum absolute atomic E-state index is 9.87. The van der Waals surface area contributed by atoms with Gasteiger partial charge in [-0.3, -0.25) is 0 Å². The molecule has 27 heavy (non-hydrogen) atoms. The van der Waals surface area contributed by atoms with Crippen LogP contribution >= 0.6 is 0 Å². The van der Waals surface area contributed by atoms with E-state index in [0.29, 0.717) is 29.5 Å². The third-order valence-electron chi connectivity index (χ3n) is 4.23. The minimum Gasteiger partial charge on any atom is -0.394 e. The molecule has 0 fully saturated rings. The van der Waals surface area contributed by atoms with Crippen molar-refractivity contribution in [1.82, 2.24) is 19.5 Å². The van der Waals surface area contributed by atoms with Crippen molar-refractivity contribution in [3.8, 4) is 0 Å². The molecule has 3 rings (SSSR count). The first-order valence-electron chi connectivity index (χ1n) is 9.08. The summed E-state index contributed by atoms with van der Waals surface area (Å²) < 4.78 is 1.96. The molecule has 0 aliphatic rings. The summed E-state index contributed by atoms with van der Waals surface area (Å²) in [5.41, 5.74) is 2.29. The second kappa shape index (κ2) is 8.32. The zero-order chi connectivity index (χ0) is 19.4. The Kier molecular flexibility index (Phi) is 5.88. The normalized spacial score (nSPS) is 13.7. The summed E-state index contributed by atoms with van der Waals surface area (Å²) in [7, 11) is 0. The quantitative estimate of drug-likeness (QED) is 0.482. The van der Waals surface area contributed by atoms with E-state index in [1.54, 1.807) is 13.3 Å². The Morgan fingerprint density at radius 1 is 1.11 bits per heavy atom. The van der Waals surface area contributed by atoms with E-state index in [4.69, 9.17) is 0 Å². The molecule has 0 spiro atoms. The first-order valence-corrected chi connectivity index (χ1v) is 9.08. The van der Waals surface area contributed by atoms with Gasteiger partial charge in [0.15, 0.2) is 17.0 Å². The van der Waals surface area contributed by atoms with E-state index in [0.717, 1.165) is 5.56 Å². The molecule has 0 radical (unpaired) electrons. The number of benzene rings is 1. The third kappa shape index (κ3) is 4.35. The Hall–Kier alpha value is -2.71. The fourth-order valence-corrected chi connectivity index (χ4v) is 2.80. The fourth-order valence-electron chi connectivity index (χ4n) is 2.80. The van der Waals surface area contributed by atoms with Crippen LogP contribution in [0.5, 0.6) is 0 Å². The zero-order valence-electron chi connectivity index (χ0n) is 15.8. The number of nitrogens with zero attached hydrogens (tertiary/aromatic N) is 4. The molecule has 2 aromatic heterocycles. The summed E-state index contributed by atoms with van der Waals surface area (Å²) in [6, 6.07) is 9.56. The number of aliphatic hydroxyl groups excluding tert-OH is 2. The second-order valence-electron chi connectivity index (χ2n) is 6.83. The average Bonchev–Trinajstić information content (AvgIpc) is 3.09. The lowest BCUT2D eigenvalue weighted by atomic mass is 10.1. The number of hydrogen-bond donors (Lipinski definition) is 4. The van der Waals surface area contributed by atoms with Crippen molar-refractivity contribution in [3.05, 3.63) is 42.2 Å². The molecule has 0 aliphatic heterocycles. The monoisotopic (exact) mass is 370 g/mol. The Morgan fingerprint density at radius 2 is 1.85 bits per heavy atom. The van der Waals surface area contributed by atoms with Gasteiger partial charge in [-0.15, -0.1) is 0 Å². The van der Waals surface area contributed by atoms with E-state index in [2.05, 4.69) is 39.4 Å². The van der Waals surface area contributed by atoms with Gasteiger partial charge in [-0.05, 0) is 26.3 Å². The highest BCUT2D eigenvalue weighted by atomic mass is 16.3. The number of nitrogens with one attached hydrogen (secondary N) is 2. The molecule has 0 unspecified atom stereocenters. The summed E-state index contributed by atoms with van der Waals surface area (Å²) in [4.78, 5) is 13.6. The van der Waals surface area contributed by atoms with Crippen molar-refractivity contribution in [2.75, 3.05) is 23.8 Å². The van der Waals surface area contributed by atoms with E-state index < -0.39 is 6.10 Å². The summed E-state index contributed by atoms with van der Waals surface area (Å²) in [6.45, 7) is 6.05. The number of anilines is 2. The van der Waals surface area contributed by atoms with Crippen LogP contribution in [0.25, 0.3) is 11.2 Å². The van der Waals surface area contributed by atoms with Gasteiger partial charge in [0.25, 0.3) is 0 Å². The molecule has 0 bridgehead atoms. The second-order valence-corrected chi connectivity index (χ2v) is 6.83. The van der Waals surface area contributed by atoms with E-state index in [1.807, 2.05) is 34.9 Å². The molecule has 0 saturated carbocycles. The highest BCUT2D eigenvalue weighted by Crippen LogP contribution is 2.26. The van der Waals surface area contributed by atoms with Gasteiger partial charge in [-0.25, -0.2) is 4.98 Å². The summed E-state index contributed by atoms with van der Waals surface area (Å²) in [6.07, 6.45) is 1.22. The SMILES string of the molecule is CC(C)n1cnc2c(N[C@H](CO)c3ccccc3)nc(NC[C@H](C)O)nc21.